The molecule has 5 aliphatic carbocycles. The average Bonchev–Trinajstić information content (AvgIpc) is 3.02. The Morgan fingerprint density at radius 1 is 1.07 bits per heavy atom. The van der Waals surface area contributed by atoms with Crippen LogP contribution < -0.4 is 0 Å². The fourth-order valence-corrected chi connectivity index (χ4v) is 6.92. The summed E-state index contributed by atoms with van der Waals surface area (Å²) in [6, 6.07) is 0. The minimum Gasteiger partial charge on any atom is -0.481 e. The van der Waals surface area contributed by atoms with Crippen LogP contribution in [0.3, 0.4) is 0 Å². The van der Waals surface area contributed by atoms with Gasteiger partial charge in [0, 0.05) is 31.1 Å². The SMILES string of the molecule is CCOC(=O)C[C@H]1CC[C@]2(CC1)OO[C@]1(O2)C2CC3CC1CC(C(=O)O)(C3)C2. The van der Waals surface area contributed by atoms with E-state index >= 15 is 0 Å². The molecule has 0 aromatic heterocycles. The van der Waals surface area contributed by atoms with Gasteiger partial charge < -0.3 is 14.6 Å². The summed E-state index contributed by atoms with van der Waals surface area (Å²) in [6.45, 7) is 2.24. The number of carbonyl (C=O) groups is 2. The van der Waals surface area contributed by atoms with Gasteiger partial charge in [0.25, 0.3) is 0 Å². The standard InChI is InChI=1S/C21H30O7/c1-2-25-17(22)9-13-3-5-20(6-4-13)26-21(28-27-20)15-7-14-8-16(21)12-19(10-14,11-15)18(23)24/h13-16H,2-12H2,1H3,(H,23,24)/t13-,14?,15?,16?,19?,20+,21-. The first-order valence-electron chi connectivity index (χ1n) is 10.8. The number of carboxylic acids is 1. The van der Waals surface area contributed by atoms with E-state index in [-0.39, 0.29) is 17.8 Å². The molecule has 7 nitrogen and oxygen atoms in total. The van der Waals surface area contributed by atoms with E-state index in [1.807, 2.05) is 6.92 Å². The molecule has 6 fully saturated rings. The second kappa shape index (κ2) is 6.41. The molecule has 0 aromatic carbocycles. The molecule has 0 amide bonds. The van der Waals surface area contributed by atoms with Crippen molar-refractivity contribution in [3.8, 4) is 0 Å². The molecule has 156 valence electrons. The minimum atomic E-state index is -0.774. The molecule has 6 rings (SSSR count). The van der Waals surface area contributed by atoms with Crippen molar-refractivity contribution in [1.29, 1.82) is 0 Å². The highest BCUT2D eigenvalue weighted by Gasteiger charge is 2.71. The van der Waals surface area contributed by atoms with Crippen LogP contribution in [0.2, 0.25) is 0 Å². The van der Waals surface area contributed by atoms with Gasteiger partial charge in [-0.25, -0.2) is 0 Å². The van der Waals surface area contributed by atoms with Gasteiger partial charge in [0.1, 0.15) is 0 Å². The molecule has 28 heavy (non-hydrogen) atoms. The van der Waals surface area contributed by atoms with E-state index in [0.717, 1.165) is 32.1 Å². The monoisotopic (exact) mass is 394 g/mol. The van der Waals surface area contributed by atoms with E-state index in [9.17, 15) is 14.7 Å². The molecular formula is C21H30O7. The predicted octanol–water partition coefficient (Wildman–Crippen LogP) is 3.41. The summed E-state index contributed by atoms with van der Waals surface area (Å²) in [5.74, 6) is -1.37. The number of hydrogen-bond acceptors (Lipinski definition) is 6. The summed E-state index contributed by atoms with van der Waals surface area (Å²) >= 11 is 0. The molecule has 5 saturated carbocycles. The minimum absolute atomic E-state index is 0.0893. The van der Waals surface area contributed by atoms with Crippen LogP contribution in [-0.2, 0) is 28.8 Å². The highest BCUT2D eigenvalue weighted by atomic mass is 17.3. The Balaban J connectivity index is 1.27. The van der Waals surface area contributed by atoms with E-state index < -0.39 is 23.0 Å². The van der Waals surface area contributed by atoms with E-state index in [2.05, 4.69) is 0 Å². The number of aliphatic carboxylic acids is 1. The van der Waals surface area contributed by atoms with Gasteiger partial charge in [-0.1, -0.05) is 0 Å². The van der Waals surface area contributed by atoms with Crippen LogP contribution in [0.25, 0.3) is 0 Å². The zero-order valence-corrected chi connectivity index (χ0v) is 16.5. The highest BCUT2D eigenvalue weighted by molar-refractivity contribution is 5.75. The Kier molecular flexibility index (Phi) is 4.31. The summed E-state index contributed by atoms with van der Waals surface area (Å²) in [7, 11) is 0. The summed E-state index contributed by atoms with van der Waals surface area (Å²) < 4.78 is 11.7. The van der Waals surface area contributed by atoms with Crippen LogP contribution in [0, 0.1) is 29.1 Å². The van der Waals surface area contributed by atoms with Crippen molar-refractivity contribution in [2.75, 3.05) is 6.61 Å². The number of carboxylic acid groups (broad SMARTS) is 1. The lowest BCUT2D eigenvalue weighted by molar-refractivity contribution is -0.393. The first kappa shape index (κ1) is 18.8. The van der Waals surface area contributed by atoms with E-state index in [4.69, 9.17) is 19.2 Å². The highest BCUT2D eigenvalue weighted by Crippen LogP contribution is 2.67. The summed E-state index contributed by atoms with van der Waals surface area (Å²) in [4.78, 5) is 35.6. The smallest absolute Gasteiger partial charge is 0.309 e. The second-order valence-electron chi connectivity index (χ2n) is 9.78. The lowest BCUT2D eigenvalue weighted by Gasteiger charge is -2.60. The summed E-state index contributed by atoms with van der Waals surface area (Å²) in [5.41, 5.74) is -0.596. The van der Waals surface area contributed by atoms with Crippen molar-refractivity contribution in [3.63, 3.8) is 0 Å². The molecule has 2 unspecified atom stereocenters. The Morgan fingerprint density at radius 3 is 2.36 bits per heavy atom. The van der Waals surface area contributed by atoms with Crippen molar-refractivity contribution < 1.29 is 33.9 Å². The van der Waals surface area contributed by atoms with Crippen LogP contribution in [-0.4, -0.2) is 35.2 Å². The van der Waals surface area contributed by atoms with Crippen LogP contribution in [0.4, 0.5) is 0 Å². The molecular weight excluding hydrogens is 364 g/mol. The zero-order chi connectivity index (χ0) is 19.6. The van der Waals surface area contributed by atoms with E-state index in [0.29, 0.717) is 50.5 Å². The van der Waals surface area contributed by atoms with Crippen molar-refractivity contribution in [1.82, 2.24) is 0 Å². The van der Waals surface area contributed by atoms with Gasteiger partial charge in [0.05, 0.1) is 12.0 Å². The Bertz CT molecular complexity index is 650. The van der Waals surface area contributed by atoms with E-state index in [1.165, 1.54) is 0 Å². The largest absolute Gasteiger partial charge is 0.481 e. The number of rotatable bonds is 4. The molecule has 1 aliphatic heterocycles. The summed E-state index contributed by atoms with van der Waals surface area (Å²) in [6.07, 6.45) is 7.52. The van der Waals surface area contributed by atoms with Gasteiger partial charge in [-0.15, -0.1) is 0 Å². The molecule has 6 aliphatic rings. The average molecular weight is 394 g/mol. The normalized spacial score (nSPS) is 49.0. The van der Waals surface area contributed by atoms with Crippen LogP contribution in [0.1, 0.15) is 71.1 Å². The fraction of sp³-hybridized carbons (Fsp3) is 0.905. The molecule has 7 heteroatoms. The van der Waals surface area contributed by atoms with Crippen molar-refractivity contribution >= 4 is 11.9 Å². The van der Waals surface area contributed by atoms with Crippen LogP contribution in [0.5, 0.6) is 0 Å². The van der Waals surface area contributed by atoms with Crippen molar-refractivity contribution in [3.05, 3.63) is 0 Å². The third-order valence-electron chi connectivity index (χ3n) is 8.08. The molecule has 4 bridgehead atoms. The van der Waals surface area contributed by atoms with Gasteiger partial charge >= 0.3 is 11.9 Å². The lowest BCUT2D eigenvalue weighted by Crippen LogP contribution is -2.64. The Morgan fingerprint density at radius 2 is 1.75 bits per heavy atom. The number of esters is 1. The molecule has 1 heterocycles. The zero-order valence-electron chi connectivity index (χ0n) is 16.5. The third kappa shape index (κ3) is 2.73. The molecule has 0 aromatic rings. The Labute approximate surface area is 165 Å². The maximum Gasteiger partial charge on any atom is 0.309 e. The molecule has 1 saturated heterocycles. The second-order valence-corrected chi connectivity index (χ2v) is 9.78. The van der Waals surface area contributed by atoms with Gasteiger partial charge in [0.15, 0.2) is 0 Å². The van der Waals surface area contributed by atoms with Crippen LogP contribution in [0.15, 0.2) is 0 Å². The van der Waals surface area contributed by atoms with Crippen molar-refractivity contribution in [2.45, 2.75) is 82.7 Å². The third-order valence-corrected chi connectivity index (χ3v) is 8.08. The van der Waals surface area contributed by atoms with E-state index in [1.54, 1.807) is 0 Å². The topological polar surface area (TPSA) is 91.3 Å². The number of carbonyl (C=O) groups excluding carboxylic acids is 1. The molecule has 2 atom stereocenters. The lowest BCUT2D eigenvalue weighted by atomic mass is 9.47. The predicted molar refractivity (Wildman–Crippen MR) is 95.5 cm³/mol. The van der Waals surface area contributed by atoms with Gasteiger partial charge in [-0.2, -0.15) is 9.78 Å². The number of ether oxygens (including phenoxy) is 2. The van der Waals surface area contributed by atoms with Crippen LogP contribution >= 0.6 is 0 Å². The maximum atomic E-state index is 12.0. The molecule has 0 radical (unpaired) electrons. The quantitative estimate of drug-likeness (QED) is 0.577. The van der Waals surface area contributed by atoms with Crippen molar-refractivity contribution in [2.24, 2.45) is 29.1 Å². The van der Waals surface area contributed by atoms with Gasteiger partial charge in [0.2, 0.25) is 11.6 Å². The van der Waals surface area contributed by atoms with Gasteiger partial charge in [-0.05, 0) is 63.7 Å². The first-order valence-corrected chi connectivity index (χ1v) is 10.8. The first-order chi connectivity index (χ1) is 13.4. The molecule has 2 spiro atoms. The van der Waals surface area contributed by atoms with Gasteiger partial charge in [-0.3, -0.25) is 9.59 Å². The summed E-state index contributed by atoms with van der Waals surface area (Å²) in [5, 5.41) is 9.84. The Hall–Kier alpha value is -1.18. The number of hydrogen-bond donors (Lipinski definition) is 1. The molecule has 1 N–H and O–H groups in total. The maximum absolute atomic E-state index is 12.0. The fourth-order valence-electron chi connectivity index (χ4n) is 6.92.